The summed E-state index contributed by atoms with van der Waals surface area (Å²) in [6.07, 6.45) is -1.12. The van der Waals surface area contributed by atoms with Crippen molar-refractivity contribution in [3.05, 3.63) is 59.4 Å². The number of carbonyl (C=O) groups excluding carboxylic acids is 1. The zero-order chi connectivity index (χ0) is 24.0. The molecule has 0 bridgehead atoms. The number of nitrogens with one attached hydrogen (secondary N) is 2. The zero-order valence-electron chi connectivity index (χ0n) is 17.8. The maximum absolute atomic E-state index is 15.2. The van der Waals surface area contributed by atoms with Crippen LogP contribution in [-0.4, -0.2) is 56.5 Å². The Morgan fingerprint density at radius 3 is 2.88 bits per heavy atom. The van der Waals surface area contributed by atoms with E-state index in [2.05, 4.69) is 24.9 Å². The van der Waals surface area contributed by atoms with Crippen LogP contribution >= 0.6 is 0 Å². The summed E-state index contributed by atoms with van der Waals surface area (Å²) in [7, 11) is 0. The Morgan fingerprint density at radius 1 is 1.29 bits per heavy atom. The number of carbonyl (C=O) groups is 1. The topological polar surface area (TPSA) is 99.8 Å². The Hall–Kier alpha value is -3.80. The number of halogens is 4. The molecule has 0 unspecified atom stereocenters. The molecular formula is C22H18F4N6O2. The minimum absolute atomic E-state index is 0.0180. The van der Waals surface area contributed by atoms with Crippen molar-refractivity contribution in [1.82, 2.24) is 24.9 Å². The number of rotatable bonds is 4. The van der Waals surface area contributed by atoms with Crippen LogP contribution < -0.4 is 4.90 Å². The van der Waals surface area contributed by atoms with Gasteiger partial charge in [0.1, 0.15) is 5.52 Å². The Morgan fingerprint density at radius 2 is 2.12 bits per heavy atom. The number of morpholine rings is 1. The van der Waals surface area contributed by atoms with Gasteiger partial charge < -0.3 is 19.6 Å². The van der Waals surface area contributed by atoms with E-state index in [1.165, 1.54) is 24.5 Å². The lowest BCUT2D eigenvalue weighted by molar-refractivity contribution is -0.141. The van der Waals surface area contributed by atoms with Crippen LogP contribution in [0.5, 0.6) is 0 Å². The number of hydrogen-bond donors (Lipinski definition) is 2. The lowest BCUT2D eigenvalue weighted by atomic mass is 10.0. The van der Waals surface area contributed by atoms with E-state index in [1.54, 1.807) is 4.90 Å². The predicted molar refractivity (Wildman–Crippen MR) is 114 cm³/mol. The molecule has 176 valence electrons. The number of hydrogen-bond acceptors (Lipinski definition) is 6. The molecule has 5 rings (SSSR count). The Bertz CT molecular complexity index is 1380. The number of imidazole rings is 1. The van der Waals surface area contributed by atoms with E-state index >= 15 is 4.39 Å². The van der Waals surface area contributed by atoms with Gasteiger partial charge in [-0.1, -0.05) is 0 Å². The van der Waals surface area contributed by atoms with Crippen LogP contribution in [0.1, 0.15) is 28.5 Å². The Kier molecular flexibility index (Phi) is 5.31. The number of nitrogens with zero attached hydrogens (tertiary/aromatic N) is 4. The second-order valence-corrected chi connectivity index (χ2v) is 7.90. The third-order valence-electron chi connectivity index (χ3n) is 5.51. The van der Waals surface area contributed by atoms with Gasteiger partial charge in [-0.3, -0.25) is 9.78 Å². The van der Waals surface area contributed by atoms with Crippen LogP contribution in [0.3, 0.4) is 0 Å². The van der Waals surface area contributed by atoms with E-state index in [0.717, 1.165) is 12.3 Å². The highest BCUT2D eigenvalue weighted by Crippen LogP contribution is 2.32. The molecular weight excluding hydrogens is 456 g/mol. The molecule has 12 heteroatoms. The number of ketones is 1. The van der Waals surface area contributed by atoms with E-state index in [0.29, 0.717) is 30.9 Å². The predicted octanol–water partition coefficient (Wildman–Crippen LogP) is 3.96. The molecule has 1 fully saturated rings. The minimum Gasteiger partial charge on any atom is -0.375 e. The van der Waals surface area contributed by atoms with Crippen LogP contribution in [0.25, 0.3) is 22.6 Å². The molecule has 8 nitrogen and oxygen atoms in total. The number of alkyl halides is 3. The minimum atomic E-state index is -4.77. The van der Waals surface area contributed by atoms with Gasteiger partial charge >= 0.3 is 6.18 Å². The summed E-state index contributed by atoms with van der Waals surface area (Å²) in [5, 5.41) is 0. The molecule has 0 aliphatic carbocycles. The normalized spacial score (nSPS) is 16.9. The maximum atomic E-state index is 15.2. The molecule has 0 aromatic carbocycles. The third-order valence-corrected chi connectivity index (χ3v) is 5.51. The van der Waals surface area contributed by atoms with E-state index < -0.39 is 29.0 Å². The van der Waals surface area contributed by atoms with Crippen molar-refractivity contribution in [2.45, 2.75) is 19.2 Å². The van der Waals surface area contributed by atoms with Crippen molar-refractivity contribution in [3.8, 4) is 11.5 Å². The molecule has 1 atom stereocenters. The lowest BCUT2D eigenvalue weighted by Gasteiger charge is -2.32. The van der Waals surface area contributed by atoms with Crippen molar-refractivity contribution < 1.29 is 27.1 Å². The van der Waals surface area contributed by atoms with Gasteiger partial charge in [0, 0.05) is 31.0 Å². The lowest BCUT2D eigenvalue weighted by Crippen LogP contribution is -2.42. The fraction of sp³-hybridized carbons (Fsp3) is 0.273. The number of anilines is 1. The molecule has 1 aliphatic heterocycles. The summed E-state index contributed by atoms with van der Waals surface area (Å²) >= 11 is 0. The first kappa shape index (κ1) is 22.0. The summed E-state index contributed by atoms with van der Waals surface area (Å²) in [6.45, 7) is 3.33. The molecule has 4 aromatic heterocycles. The standard InChI is InChI=1S/C22H18F4N6O2/c1-11-10-32(5-6-34-11)21-16(23)17-15(9-29-21)30-20(31-17)14-7-12(8-28-14)18(33)13-3-2-4-27-19(13)22(24,25)26/h2-4,7-9,11,28H,5-6,10H2,1H3,(H,30,31)/t11-/m1/s1. The first-order chi connectivity index (χ1) is 16.2. The first-order valence-corrected chi connectivity index (χ1v) is 10.4. The number of aromatic nitrogens is 5. The Labute approximate surface area is 190 Å². The van der Waals surface area contributed by atoms with Crippen LogP contribution in [0, 0.1) is 5.82 Å². The Balaban J connectivity index is 1.47. The molecule has 0 spiro atoms. The fourth-order valence-corrected chi connectivity index (χ4v) is 3.93. The zero-order valence-corrected chi connectivity index (χ0v) is 17.8. The SMILES string of the molecule is C[C@@H]1CN(c2ncc3[nH]c(-c4cc(C(=O)c5cccnc5C(F)(F)F)c[nH]4)nc3c2F)CCO1. The molecule has 0 amide bonds. The molecule has 2 N–H and O–H groups in total. The van der Waals surface area contributed by atoms with Gasteiger partial charge in [0.15, 0.2) is 28.9 Å². The number of H-pyrrole nitrogens is 2. The van der Waals surface area contributed by atoms with Crippen molar-refractivity contribution >= 4 is 22.6 Å². The molecule has 5 heterocycles. The van der Waals surface area contributed by atoms with Gasteiger partial charge in [-0.05, 0) is 25.1 Å². The van der Waals surface area contributed by atoms with Crippen molar-refractivity contribution in [2.75, 3.05) is 24.6 Å². The molecule has 34 heavy (non-hydrogen) atoms. The molecule has 1 aliphatic rings. The van der Waals surface area contributed by atoms with Gasteiger partial charge in [0.05, 0.1) is 35.7 Å². The first-order valence-electron chi connectivity index (χ1n) is 10.4. The van der Waals surface area contributed by atoms with Gasteiger partial charge in [0.25, 0.3) is 0 Å². The van der Waals surface area contributed by atoms with Crippen molar-refractivity contribution in [3.63, 3.8) is 0 Å². The van der Waals surface area contributed by atoms with Gasteiger partial charge in [0.2, 0.25) is 0 Å². The van der Waals surface area contributed by atoms with E-state index in [1.807, 2.05) is 6.92 Å². The quantitative estimate of drug-likeness (QED) is 0.343. The van der Waals surface area contributed by atoms with E-state index in [-0.39, 0.29) is 28.8 Å². The second-order valence-electron chi connectivity index (χ2n) is 7.90. The molecule has 0 radical (unpaired) electrons. The second kappa shape index (κ2) is 8.20. The maximum Gasteiger partial charge on any atom is 0.434 e. The summed E-state index contributed by atoms with van der Waals surface area (Å²) < 4.78 is 60.5. The fourth-order valence-electron chi connectivity index (χ4n) is 3.93. The summed E-state index contributed by atoms with van der Waals surface area (Å²) in [5.41, 5.74) is -1.14. The summed E-state index contributed by atoms with van der Waals surface area (Å²) in [6, 6.07) is 3.68. The molecule has 1 saturated heterocycles. The highest BCUT2D eigenvalue weighted by Gasteiger charge is 2.37. The van der Waals surface area contributed by atoms with Crippen molar-refractivity contribution in [1.29, 1.82) is 0 Å². The van der Waals surface area contributed by atoms with E-state index in [9.17, 15) is 18.0 Å². The number of ether oxygens (including phenoxy) is 1. The highest BCUT2D eigenvalue weighted by atomic mass is 19.4. The number of fused-ring (bicyclic) bond motifs is 1. The van der Waals surface area contributed by atoms with Crippen LogP contribution in [0.4, 0.5) is 23.4 Å². The average molecular weight is 474 g/mol. The average Bonchev–Trinajstić information content (AvgIpc) is 3.46. The van der Waals surface area contributed by atoms with Crippen LogP contribution in [0.2, 0.25) is 0 Å². The smallest absolute Gasteiger partial charge is 0.375 e. The van der Waals surface area contributed by atoms with Gasteiger partial charge in [-0.15, -0.1) is 0 Å². The van der Waals surface area contributed by atoms with E-state index in [4.69, 9.17) is 4.74 Å². The summed E-state index contributed by atoms with van der Waals surface area (Å²) in [5.74, 6) is -1.07. The number of pyridine rings is 2. The van der Waals surface area contributed by atoms with Crippen LogP contribution in [-0.2, 0) is 10.9 Å². The summed E-state index contributed by atoms with van der Waals surface area (Å²) in [4.78, 5) is 32.1. The molecule has 4 aromatic rings. The van der Waals surface area contributed by atoms with Gasteiger partial charge in [-0.25, -0.2) is 14.4 Å². The highest BCUT2D eigenvalue weighted by molar-refractivity contribution is 6.10. The van der Waals surface area contributed by atoms with Gasteiger partial charge in [-0.2, -0.15) is 13.2 Å². The van der Waals surface area contributed by atoms with Crippen molar-refractivity contribution in [2.24, 2.45) is 0 Å². The molecule has 0 saturated carbocycles. The number of aromatic amines is 2. The monoisotopic (exact) mass is 474 g/mol. The third kappa shape index (κ3) is 3.89. The van der Waals surface area contributed by atoms with Crippen LogP contribution in [0.15, 0.2) is 36.8 Å². The largest absolute Gasteiger partial charge is 0.434 e.